The highest BCUT2D eigenvalue weighted by atomic mass is 127. The maximum atomic E-state index is 11.0. The summed E-state index contributed by atoms with van der Waals surface area (Å²) in [6.07, 6.45) is 0.980. The van der Waals surface area contributed by atoms with Gasteiger partial charge in [0.15, 0.2) is 0 Å². The summed E-state index contributed by atoms with van der Waals surface area (Å²) in [5, 5.41) is 2.75. The van der Waals surface area contributed by atoms with Gasteiger partial charge >= 0.3 is 0 Å². The van der Waals surface area contributed by atoms with Crippen molar-refractivity contribution in [3.63, 3.8) is 0 Å². The molecule has 0 heterocycles. The average Bonchev–Trinajstić information content (AvgIpc) is 2.27. The fourth-order valence-corrected chi connectivity index (χ4v) is 1.95. The lowest BCUT2D eigenvalue weighted by atomic mass is 10.3. The molecule has 1 rings (SSSR count). The highest BCUT2D eigenvalue weighted by Crippen LogP contribution is 2.25. The predicted molar refractivity (Wildman–Crippen MR) is 82.1 cm³/mol. The largest absolute Gasteiger partial charge is 0.492 e. The van der Waals surface area contributed by atoms with Gasteiger partial charge in [-0.05, 0) is 55.2 Å². The zero-order chi connectivity index (χ0) is 13.5. The molecular formula is C13H19IN2O2. The third kappa shape index (κ3) is 5.68. The second kappa shape index (κ2) is 7.58. The molecule has 0 radical (unpaired) electrons. The number of hydrogen-bond donors (Lipinski definition) is 1. The first-order valence-electron chi connectivity index (χ1n) is 5.83. The van der Waals surface area contributed by atoms with E-state index in [1.807, 2.05) is 32.3 Å². The first-order chi connectivity index (χ1) is 8.49. The minimum Gasteiger partial charge on any atom is -0.492 e. The number of rotatable bonds is 6. The molecule has 0 unspecified atom stereocenters. The van der Waals surface area contributed by atoms with Crippen molar-refractivity contribution >= 4 is 34.2 Å². The van der Waals surface area contributed by atoms with Gasteiger partial charge in [0.25, 0.3) is 0 Å². The van der Waals surface area contributed by atoms with Crippen molar-refractivity contribution in [2.75, 3.05) is 32.6 Å². The van der Waals surface area contributed by atoms with Crippen LogP contribution in [0.1, 0.15) is 13.3 Å². The SMILES string of the molecule is CC(=O)Nc1ccc(I)c(OCCCN(C)C)c1. The second-order valence-electron chi connectivity index (χ2n) is 4.33. The minimum absolute atomic E-state index is 0.0743. The summed E-state index contributed by atoms with van der Waals surface area (Å²) in [7, 11) is 4.09. The maximum Gasteiger partial charge on any atom is 0.221 e. The molecule has 100 valence electrons. The highest BCUT2D eigenvalue weighted by molar-refractivity contribution is 14.1. The fraction of sp³-hybridized carbons (Fsp3) is 0.462. The molecule has 0 aromatic heterocycles. The summed E-state index contributed by atoms with van der Waals surface area (Å²) in [6.45, 7) is 3.18. The van der Waals surface area contributed by atoms with Crippen molar-refractivity contribution in [2.45, 2.75) is 13.3 Å². The van der Waals surface area contributed by atoms with Gasteiger partial charge in [-0.1, -0.05) is 0 Å². The molecule has 0 bridgehead atoms. The number of ether oxygens (including phenoxy) is 1. The molecule has 1 N–H and O–H groups in total. The number of halogens is 1. The quantitative estimate of drug-likeness (QED) is 0.625. The van der Waals surface area contributed by atoms with E-state index in [-0.39, 0.29) is 5.91 Å². The van der Waals surface area contributed by atoms with E-state index >= 15 is 0 Å². The molecule has 0 aliphatic heterocycles. The van der Waals surface area contributed by atoms with E-state index in [2.05, 4.69) is 32.8 Å². The van der Waals surface area contributed by atoms with Crippen LogP contribution in [0.2, 0.25) is 0 Å². The monoisotopic (exact) mass is 362 g/mol. The first-order valence-corrected chi connectivity index (χ1v) is 6.91. The molecule has 4 nitrogen and oxygen atoms in total. The van der Waals surface area contributed by atoms with Crippen LogP contribution in [0.5, 0.6) is 5.75 Å². The number of benzene rings is 1. The molecule has 1 aromatic rings. The topological polar surface area (TPSA) is 41.6 Å². The van der Waals surface area contributed by atoms with Crippen LogP contribution in [0.25, 0.3) is 0 Å². The zero-order valence-electron chi connectivity index (χ0n) is 11.0. The van der Waals surface area contributed by atoms with Gasteiger partial charge in [0.2, 0.25) is 5.91 Å². The van der Waals surface area contributed by atoms with E-state index in [9.17, 15) is 4.79 Å². The number of amides is 1. The van der Waals surface area contributed by atoms with Crippen LogP contribution >= 0.6 is 22.6 Å². The van der Waals surface area contributed by atoms with Crippen LogP contribution in [0.3, 0.4) is 0 Å². The van der Waals surface area contributed by atoms with Crippen molar-refractivity contribution in [2.24, 2.45) is 0 Å². The van der Waals surface area contributed by atoms with Crippen LogP contribution in [0.4, 0.5) is 5.69 Å². The molecule has 0 spiro atoms. The van der Waals surface area contributed by atoms with E-state index < -0.39 is 0 Å². The van der Waals surface area contributed by atoms with Crippen molar-refractivity contribution in [1.82, 2.24) is 4.90 Å². The second-order valence-corrected chi connectivity index (χ2v) is 5.49. The van der Waals surface area contributed by atoms with Crippen LogP contribution in [0, 0.1) is 3.57 Å². The lowest BCUT2D eigenvalue weighted by Gasteiger charge is -2.12. The highest BCUT2D eigenvalue weighted by Gasteiger charge is 2.04. The van der Waals surface area contributed by atoms with Gasteiger partial charge < -0.3 is 15.0 Å². The van der Waals surface area contributed by atoms with E-state index in [4.69, 9.17) is 4.74 Å². The molecule has 0 aliphatic carbocycles. The van der Waals surface area contributed by atoms with E-state index in [1.165, 1.54) is 6.92 Å². The maximum absolute atomic E-state index is 11.0. The van der Waals surface area contributed by atoms with Gasteiger partial charge in [-0.2, -0.15) is 0 Å². The summed E-state index contributed by atoms with van der Waals surface area (Å²) < 4.78 is 6.77. The zero-order valence-corrected chi connectivity index (χ0v) is 13.2. The molecule has 1 amide bonds. The summed E-state index contributed by atoms with van der Waals surface area (Å²) >= 11 is 2.23. The van der Waals surface area contributed by atoms with Crippen LogP contribution in [-0.2, 0) is 4.79 Å². The molecule has 0 fully saturated rings. The van der Waals surface area contributed by atoms with Crippen molar-refractivity contribution in [1.29, 1.82) is 0 Å². The Labute approximate surface area is 122 Å². The number of nitrogens with zero attached hydrogens (tertiary/aromatic N) is 1. The third-order valence-electron chi connectivity index (χ3n) is 2.26. The summed E-state index contributed by atoms with van der Waals surface area (Å²) in [5.41, 5.74) is 0.769. The normalized spacial score (nSPS) is 10.5. The number of anilines is 1. The number of hydrogen-bond acceptors (Lipinski definition) is 3. The molecule has 5 heteroatoms. The third-order valence-corrected chi connectivity index (χ3v) is 3.15. The average molecular weight is 362 g/mol. The molecule has 1 aromatic carbocycles. The molecule has 0 saturated carbocycles. The van der Waals surface area contributed by atoms with Gasteiger partial charge in [-0.15, -0.1) is 0 Å². The summed E-state index contributed by atoms with van der Waals surface area (Å²) in [4.78, 5) is 13.1. The standard InChI is InChI=1S/C13H19IN2O2/c1-10(17)15-11-5-6-12(14)13(9-11)18-8-4-7-16(2)3/h5-6,9H,4,7-8H2,1-3H3,(H,15,17). The van der Waals surface area contributed by atoms with Crippen molar-refractivity contribution in [3.8, 4) is 5.75 Å². The van der Waals surface area contributed by atoms with Gasteiger partial charge in [0.1, 0.15) is 5.75 Å². The predicted octanol–water partition coefficient (Wildman–Crippen LogP) is 2.58. The Balaban J connectivity index is 2.55. The van der Waals surface area contributed by atoms with Gasteiger partial charge in [-0.3, -0.25) is 4.79 Å². The Bertz CT molecular complexity index is 408. The number of carbonyl (C=O) groups is 1. The van der Waals surface area contributed by atoms with Crippen LogP contribution < -0.4 is 10.1 Å². The molecule has 0 atom stereocenters. The Morgan fingerprint density at radius 1 is 1.44 bits per heavy atom. The summed E-state index contributed by atoms with van der Waals surface area (Å²) in [5.74, 6) is 0.746. The van der Waals surface area contributed by atoms with Crippen LogP contribution in [0.15, 0.2) is 18.2 Å². The smallest absolute Gasteiger partial charge is 0.221 e. The first kappa shape index (κ1) is 15.2. The fourth-order valence-electron chi connectivity index (χ4n) is 1.46. The lowest BCUT2D eigenvalue weighted by Crippen LogP contribution is -2.15. The van der Waals surface area contributed by atoms with E-state index in [1.54, 1.807) is 0 Å². The molecule has 18 heavy (non-hydrogen) atoms. The van der Waals surface area contributed by atoms with Crippen molar-refractivity contribution in [3.05, 3.63) is 21.8 Å². The minimum atomic E-state index is -0.0743. The van der Waals surface area contributed by atoms with E-state index in [0.717, 1.165) is 28.0 Å². The van der Waals surface area contributed by atoms with Gasteiger partial charge in [0, 0.05) is 25.2 Å². The Morgan fingerprint density at radius 2 is 2.17 bits per heavy atom. The Kier molecular flexibility index (Phi) is 6.42. The number of nitrogens with one attached hydrogen (secondary N) is 1. The summed E-state index contributed by atoms with van der Waals surface area (Å²) in [6, 6.07) is 5.67. The molecular weight excluding hydrogens is 343 g/mol. The lowest BCUT2D eigenvalue weighted by molar-refractivity contribution is -0.114. The Hall–Kier alpha value is -0.820. The van der Waals surface area contributed by atoms with Gasteiger partial charge in [-0.25, -0.2) is 0 Å². The van der Waals surface area contributed by atoms with Gasteiger partial charge in [0.05, 0.1) is 10.2 Å². The van der Waals surface area contributed by atoms with E-state index in [0.29, 0.717) is 6.61 Å². The number of carbonyl (C=O) groups excluding carboxylic acids is 1. The Morgan fingerprint density at radius 3 is 2.78 bits per heavy atom. The molecule has 0 saturated heterocycles. The van der Waals surface area contributed by atoms with Crippen LogP contribution in [-0.4, -0.2) is 38.1 Å². The molecule has 0 aliphatic rings. The van der Waals surface area contributed by atoms with Crippen molar-refractivity contribution < 1.29 is 9.53 Å².